The SMILES string of the molecule is N#Cc1ccc(COc2ccnc(N3CCN(Cc4nc5ccc(C(=O)O)cc5n4Cc4cncs4)[C@H]4CC43)n2)c(F)c1. The van der Waals surface area contributed by atoms with E-state index >= 15 is 0 Å². The highest BCUT2D eigenvalue weighted by Gasteiger charge is 2.50. The molecule has 4 heterocycles. The van der Waals surface area contributed by atoms with Crippen molar-refractivity contribution < 1.29 is 19.0 Å². The van der Waals surface area contributed by atoms with E-state index in [1.165, 1.54) is 6.07 Å². The monoisotopic (exact) mass is 596 g/mol. The summed E-state index contributed by atoms with van der Waals surface area (Å²) in [7, 11) is 0. The standard InChI is InChI=1S/C30H25FN8O3S/c31-22-9-18(12-32)1-2-20(22)16-42-28-5-6-34-30(36-28)38-8-7-37(25-11-26(25)38)15-27-35-23-4-3-19(29(40)41)10-24(23)39(27)14-21-13-33-17-43-21/h1-6,9-10,13,17,25-26H,7-8,11,14-16H2,(H,40,41)/t25-,26?/m0/s1. The summed E-state index contributed by atoms with van der Waals surface area (Å²) < 4.78 is 22.1. The minimum atomic E-state index is -0.968. The summed E-state index contributed by atoms with van der Waals surface area (Å²) in [5, 5.41) is 18.5. The Bertz CT molecular complexity index is 1870. The molecular weight excluding hydrogens is 571 g/mol. The van der Waals surface area contributed by atoms with E-state index in [-0.39, 0.29) is 23.8 Å². The van der Waals surface area contributed by atoms with Crippen molar-refractivity contribution in [3.8, 4) is 11.9 Å². The molecule has 1 N–H and O–H groups in total. The van der Waals surface area contributed by atoms with Crippen LogP contribution in [0.4, 0.5) is 10.3 Å². The molecule has 5 aromatic rings. The van der Waals surface area contributed by atoms with E-state index in [1.54, 1.807) is 59.4 Å². The molecule has 11 nitrogen and oxygen atoms in total. The summed E-state index contributed by atoms with van der Waals surface area (Å²) in [6.45, 7) is 2.68. The number of aromatic carboxylic acids is 1. The molecule has 2 fully saturated rings. The number of halogens is 1. The number of benzene rings is 2. The lowest BCUT2D eigenvalue weighted by atomic mass is 10.1. The van der Waals surface area contributed by atoms with Crippen molar-refractivity contribution in [1.82, 2.24) is 29.4 Å². The third kappa shape index (κ3) is 5.38. The molecule has 216 valence electrons. The van der Waals surface area contributed by atoms with Crippen molar-refractivity contribution in [2.24, 2.45) is 0 Å². The number of hydrogen-bond donors (Lipinski definition) is 1. The molecule has 2 aliphatic rings. The highest BCUT2D eigenvalue weighted by molar-refractivity contribution is 7.09. The van der Waals surface area contributed by atoms with Crippen LogP contribution in [-0.4, -0.2) is 65.7 Å². The first-order valence-electron chi connectivity index (χ1n) is 13.7. The first-order chi connectivity index (χ1) is 21.0. The van der Waals surface area contributed by atoms with E-state index in [9.17, 15) is 14.3 Å². The second kappa shape index (κ2) is 11.0. The fraction of sp³-hybridized carbons (Fsp3) is 0.267. The summed E-state index contributed by atoms with van der Waals surface area (Å²) in [4.78, 5) is 35.5. The lowest BCUT2D eigenvalue weighted by Crippen LogP contribution is -2.46. The number of hydrogen-bond acceptors (Lipinski definition) is 10. The minimum Gasteiger partial charge on any atom is -0.478 e. The highest BCUT2D eigenvalue weighted by Crippen LogP contribution is 2.39. The molecule has 1 saturated heterocycles. The Kier molecular flexibility index (Phi) is 6.92. The molecule has 0 amide bonds. The Labute approximate surface area is 249 Å². The number of anilines is 1. The molecule has 7 rings (SSSR count). The van der Waals surface area contributed by atoms with Crippen LogP contribution in [0.25, 0.3) is 11.0 Å². The van der Waals surface area contributed by atoms with E-state index < -0.39 is 11.8 Å². The second-order valence-corrected chi connectivity index (χ2v) is 11.5. The molecule has 0 spiro atoms. The highest BCUT2D eigenvalue weighted by atomic mass is 32.1. The van der Waals surface area contributed by atoms with Gasteiger partial charge in [0.2, 0.25) is 11.8 Å². The summed E-state index contributed by atoms with van der Waals surface area (Å²) in [6.07, 6.45) is 4.43. The smallest absolute Gasteiger partial charge is 0.335 e. The van der Waals surface area contributed by atoms with Crippen LogP contribution >= 0.6 is 11.3 Å². The molecule has 1 saturated carbocycles. The van der Waals surface area contributed by atoms with Crippen molar-refractivity contribution in [2.75, 3.05) is 18.0 Å². The Morgan fingerprint density at radius 1 is 1.14 bits per heavy atom. The Morgan fingerprint density at radius 3 is 2.84 bits per heavy atom. The number of carbonyl (C=O) groups is 1. The molecule has 2 aromatic carbocycles. The van der Waals surface area contributed by atoms with Gasteiger partial charge in [0.15, 0.2) is 0 Å². The number of thiazole rings is 1. The first-order valence-corrected chi connectivity index (χ1v) is 14.6. The number of piperazine rings is 1. The normalized spacial score (nSPS) is 17.9. The fourth-order valence-electron chi connectivity index (χ4n) is 5.61. The molecule has 13 heteroatoms. The molecule has 1 aliphatic heterocycles. The zero-order valence-corrected chi connectivity index (χ0v) is 23.6. The number of carboxylic acids is 1. The number of fused-ring (bicyclic) bond motifs is 2. The minimum absolute atomic E-state index is 0.00960. The van der Waals surface area contributed by atoms with Gasteiger partial charge in [-0.05, 0) is 36.8 Å². The van der Waals surface area contributed by atoms with Gasteiger partial charge in [0.05, 0.1) is 46.8 Å². The fourth-order valence-corrected chi connectivity index (χ4v) is 6.19. The van der Waals surface area contributed by atoms with Gasteiger partial charge < -0.3 is 19.3 Å². The van der Waals surface area contributed by atoms with Gasteiger partial charge in [0.25, 0.3) is 0 Å². The van der Waals surface area contributed by atoms with Crippen molar-refractivity contribution in [3.63, 3.8) is 0 Å². The lowest BCUT2D eigenvalue weighted by Gasteiger charge is -2.34. The average molecular weight is 597 g/mol. The van der Waals surface area contributed by atoms with Crippen LogP contribution in [0.5, 0.6) is 5.88 Å². The van der Waals surface area contributed by atoms with Crippen molar-refractivity contribution in [2.45, 2.75) is 38.2 Å². The van der Waals surface area contributed by atoms with Gasteiger partial charge in [0, 0.05) is 54.1 Å². The molecular formula is C30H25FN8O3S. The van der Waals surface area contributed by atoms with Crippen molar-refractivity contribution >= 4 is 34.3 Å². The van der Waals surface area contributed by atoms with E-state index in [4.69, 9.17) is 15.0 Å². The van der Waals surface area contributed by atoms with Crippen molar-refractivity contribution in [3.05, 3.63) is 93.6 Å². The zero-order chi connectivity index (χ0) is 29.5. The summed E-state index contributed by atoms with van der Waals surface area (Å²) in [5.74, 6) is 0.346. The van der Waals surface area contributed by atoms with E-state index in [0.717, 1.165) is 34.7 Å². The number of imidazole rings is 1. The second-order valence-electron chi connectivity index (χ2n) is 10.5. The molecule has 3 aromatic heterocycles. The number of nitriles is 1. The third-order valence-electron chi connectivity index (χ3n) is 7.87. The first kappa shape index (κ1) is 26.9. The molecule has 2 atom stereocenters. The Morgan fingerprint density at radius 2 is 2.05 bits per heavy atom. The molecule has 43 heavy (non-hydrogen) atoms. The van der Waals surface area contributed by atoms with Crippen LogP contribution in [0.1, 0.15) is 38.6 Å². The number of rotatable bonds is 9. The van der Waals surface area contributed by atoms with Crippen LogP contribution in [0.3, 0.4) is 0 Å². The maximum absolute atomic E-state index is 14.3. The largest absolute Gasteiger partial charge is 0.478 e. The summed E-state index contributed by atoms with van der Waals surface area (Å²) in [5.41, 5.74) is 4.18. The number of carboxylic acid groups (broad SMARTS) is 1. The predicted molar refractivity (Wildman–Crippen MR) is 155 cm³/mol. The van der Waals surface area contributed by atoms with Crippen LogP contribution in [0.2, 0.25) is 0 Å². The molecule has 1 unspecified atom stereocenters. The Hall–Kier alpha value is -4.93. The van der Waals surface area contributed by atoms with E-state index in [1.807, 2.05) is 12.3 Å². The number of ether oxygens (including phenoxy) is 1. The molecule has 0 bridgehead atoms. The van der Waals surface area contributed by atoms with Gasteiger partial charge in [0.1, 0.15) is 18.2 Å². The number of aromatic nitrogens is 5. The maximum atomic E-state index is 14.3. The van der Waals surface area contributed by atoms with E-state index in [2.05, 4.69) is 29.3 Å². The van der Waals surface area contributed by atoms with Crippen LogP contribution in [-0.2, 0) is 19.7 Å². The van der Waals surface area contributed by atoms with Gasteiger partial charge in [-0.25, -0.2) is 19.2 Å². The summed E-state index contributed by atoms with van der Waals surface area (Å²) in [6, 6.07) is 13.5. The van der Waals surface area contributed by atoms with Crippen LogP contribution in [0.15, 0.2) is 60.4 Å². The van der Waals surface area contributed by atoms with Crippen LogP contribution in [0, 0.1) is 17.1 Å². The van der Waals surface area contributed by atoms with Gasteiger partial charge in [-0.3, -0.25) is 9.88 Å². The van der Waals surface area contributed by atoms with Gasteiger partial charge in [-0.2, -0.15) is 10.2 Å². The lowest BCUT2D eigenvalue weighted by molar-refractivity contribution is 0.0697. The van der Waals surface area contributed by atoms with Gasteiger partial charge in [-0.15, -0.1) is 11.3 Å². The predicted octanol–water partition coefficient (Wildman–Crippen LogP) is 4.08. The summed E-state index contributed by atoms with van der Waals surface area (Å²) >= 11 is 1.56. The van der Waals surface area contributed by atoms with Crippen LogP contribution < -0.4 is 9.64 Å². The van der Waals surface area contributed by atoms with Gasteiger partial charge in [-0.1, -0.05) is 6.07 Å². The Balaban J connectivity index is 1.06. The maximum Gasteiger partial charge on any atom is 0.335 e. The zero-order valence-electron chi connectivity index (χ0n) is 22.8. The number of nitrogens with zero attached hydrogens (tertiary/aromatic N) is 8. The topological polar surface area (TPSA) is 133 Å². The molecule has 1 aliphatic carbocycles. The molecule has 0 radical (unpaired) electrons. The van der Waals surface area contributed by atoms with E-state index in [0.29, 0.717) is 43.1 Å². The third-order valence-corrected chi connectivity index (χ3v) is 8.63. The van der Waals surface area contributed by atoms with Gasteiger partial charge >= 0.3 is 5.97 Å². The van der Waals surface area contributed by atoms with Crippen molar-refractivity contribution in [1.29, 1.82) is 5.26 Å². The average Bonchev–Trinajstić information content (AvgIpc) is 3.53. The quantitative estimate of drug-likeness (QED) is 0.265.